The molecule has 7 heteroatoms. The molecule has 0 aliphatic rings. The third-order valence-corrected chi connectivity index (χ3v) is 3.53. The number of nitrogens with zero attached hydrogens (tertiary/aromatic N) is 1. The van der Waals surface area contributed by atoms with Gasteiger partial charge in [-0.05, 0) is 38.5 Å². The van der Waals surface area contributed by atoms with Crippen LogP contribution in [-0.4, -0.2) is 32.0 Å². The lowest BCUT2D eigenvalue weighted by Gasteiger charge is -2.16. The van der Waals surface area contributed by atoms with Crippen molar-refractivity contribution in [3.63, 3.8) is 0 Å². The fraction of sp³-hybridized carbons (Fsp3) is 0.412. The van der Waals surface area contributed by atoms with Crippen molar-refractivity contribution in [3.05, 3.63) is 40.6 Å². The molecule has 0 saturated carbocycles. The van der Waals surface area contributed by atoms with Crippen LogP contribution in [0.3, 0.4) is 0 Å². The van der Waals surface area contributed by atoms with E-state index in [1.165, 1.54) is 6.20 Å². The summed E-state index contributed by atoms with van der Waals surface area (Å²) in [7, 11) is 0. The number of carbonyl (C=O) groups excluding carboxylic acids is 1. The lowest BCUT2D eigenvalue weighted by atomic mass is 10.2. The van der Waals surface area contributed by atoms with Gasteiger partial charge in [-0.3, -0.25) is 4.79 Å². The molecule has 0 aromatic heterocycles. The summed E-state index contributed by atoms with van der Waals surface area (Å²) in [6.07, 6.45) is 0.912. The molecule has 0 aliphatic heterocycles. The monoisotopic (exact) mass is 351 g/mol. The molecule has 1 aromatic carbocycles. The Labute approximate surface area is 147 Å². The third kappa shape index (κ3) is 6.20. The number of nitrogens with one attached hydrogen (secondary N) is 2. The fourth-order valence-corrected chi connectivity index (χ4v) is 2.05. The summed E-state index contributed by atoms with van der Waals surface area (Å²) in [6.45, 7) is 6.87. The predicted molar refractivity (Wildman–Crippen MR) is 93.6 cm³/mol. The first kappa shape index (κ1) is 20.0. The maximum absolute atomic E-state index is 12.2. The minimum Gasteiger partial charge on any atom is -0.385 e. The molecule has 0 aliphatic carbocycles. The SMILES string of the molecule is CCOC(CN/C=C(/C#N)C(=O)Nc1cccc(Cl)c1C)OCC. The second kappa shape index (κ2) is 10.7. The summed E-state index contributed by atoms with van der Waals surface area (Å²) in [6, 6.07) is 7.05. The Balaban J connectivity index is 2.69. The second-order valence-corrected chi connectivity index (χ2v) is 5.19. The van der Waals surface area contributed by atoms with E-state index in [-0.39, 0.29) is 5.57 Å². The molecule has 0 unspecified atom stereocenters. The Bertz CT molecular complexity index is 620. The molecule has 130 valence electrons. The average Bonchev–Trinajstić information content (AvgIpc) is 2.56. The van der Waals surface area contributed by atoms with Gasteiger partial charge in [0.25, 0.3) is 5.91 Å². The van der Waals surface area contributed by atoms with Crippen LogP contribution in [0, 0.1) is 18.3 Å². The van der Waals surface area contributed by atoms with Gasteiger partial charge < -0.3 is 20.1 Å². The highest BCUT2D eigenvalue weighted by Gasteiger charge is 2.12. The Kier molecular flexibility index (Phi) is 8.87. The van der Waals surface area contributed by atoms with E-state index < -0.39 is 12.2 Å². The number of ether oxygens (including phenoxy) is 2. The van der Waals surface area contributed by atoms with Gasteiger partial charge in [-0.2, -0.15) is 5.26 Å². The van der Waals surface area contributed by atoms with E-state index in [9.17, 15) is 4.79 Å². The van der Waals surface area contributed by atoms with E-state index in [0.717, 1.165) is 5.56 Å². The molecule has 0 heterocycles. The van der Waals surface area contributed by atoms with E-state index in [2.05, 4.69) is 10.6 Å². The van der Waals surface area contributed by atoms with Crippen molar-refractivity contribution in [2.75, 3.05) is 25.1 Å². The highest BCUT2D eigenvalue weighted by atomic mass is 35.5. The number of benzene rings is 1. The Hall–Kier alpha value is -2.07. The number of nitriles is 1. The molecule has 0 fully saturated rings. The minimum absolute atomic E-state index is 0.0545. The first-order valence-electron chi connectivity index (χ1n) is 7.66. The van der Waals surface area contributed by atoms with Crippen molar-refractivity contribution in [1.82, 2.24) is 5.32 Å². The summed E-state index contributed by atoms with van der Waals surface area (Å²) in [5.41, 5.74) is 1.25. The Morgan fingerprint density at radius 3 is 2.62 bits per heavy atom. The quantitative estimate of drug-likeness (QED) is 0.406. The van der Waals surface area contributed by atoms with Crippen LogP contribution in [0.1, 0.15) is 19.4 Å². The third-order valence-electron chi connectivity index (χ3n) is 3.12. The zero-order valence-corrected chi connectivity index (χ0v) is 14.8. The van der Waals surface area contributed by atoms with Crippen molar-refractivity contribution in [1.29, 1.82) is 5.26 Å². The fourth-order valence-electron chi connectivity index (χ4n) is 1.88. The summed E-state index contributed by atoms with van der Waals surface area (Å²) in [5.74, 6) is -0.514. The van der Waals surface area contributed by atoms with Crippen LogP contribution in [0.25, 0.3) is 0 Å². The second-order valence-electron chi connectivity index (χ2n) is 4.78. The topological polar surface area (TPSA) is 83.4 Å². The molecule has 0 saturated heterocycles. The molecule has 6 nitrogen and oxygen atoms in total. The van der Waals surface area contributed by atoms with E-state index in [0.29, 0.717) is 30.5 Å². The van der Waals surface area contributed by atoms with Gasteiger partial charge in [-0.25, -0.2) is 0 Å². The Morgan fingerprint density at radius 1 is 1.38 bits per heavy atom. The van der Waals surface area contributed by atoms with Crippen LogP contribution in [-0.2, 0) is 14.3 Å². The highest BCUT2D eigenvalue weighted by molar-refractivity contribution is 6.31. The van der Waals surface area contributed by atoms with Gasteiger partial charge in [0, 0.05) is 30.1 Å². The maximum Gasteiger partial charge on any atom is 0.267 e. The molecule has 1 rings (SSSR count). The summed E-state index contributed by atoms with van der Waals surface area (Å²) < 4.78 is 10.7. The maximum atomic E-state index is 12.2. The smallest absolute Gasteiger partial charge is 0.267 e. The summed E-state index contributed by atoms with van der Waals surface area (Å²) in [4.78, 5) is 12.2. The van der Waals surface area contributed by atoms with Crippen molar-refractivity contribution in [2.24, 2.45) is 0 Å². The number of amides is 1. The number of halogens is 1. The van der Waals surface area contributed by atoms with Gasteiger partial charge in [-0.15, -0.1) is 0 Å². The zero-order chi connectivity index (χ0) is 17.9. The van der Waals surface area contributed by atoms with E-state index in [4.69, 9.17) is 26.3 Å². The average molecular weight is 352 g/mol. The zero-order valence-electron chi connectivity index (χ0n) is 14.1. The van der Waals surface area contributed by atoms with Crippen LogP contribution in [0.15, 0.2) is 30.0 Å². The summed E-state index contributed by atoms with van der Waals surface area (Å²) in [5, 5.41) is 15.3. The molecule has 0 spiro atoms. The molecule has 1 amide bonds. The lowest BCUT2D eigenvalue weighted by molar-refractivity contribution is -0.131. The molecule has 24 heavy (non-hydrogen) atoms. The molecule has 0 bridgehead atoms. The van der Waals surface area contributed by atoms with Gasteiger partial charge >= 0.3 is 0 Å². The van der Waals surface area contributed by atoms with Gasteiger partial charge in [0.1, 0.15) is 11.6 Å². The van der Waals surface area contributed by atoms with Gasteiger partial charge in [0.15, 0.2) is 6.29 Å². The van der Waals surface area contributed by atoms with Crippen molar-refractivity contribution < 1.29 is 14.3 Å². The Morgan fingerprint density at radius 2 is 2.04 bits per heavy atom. The highest BCUT2D eigenvalue weighted by Crippen LogP contribution is 2.23. The normalized spacial score (nSPS) is 11.2. The molecular formula is C17H22ClN3O3. The lowest BCUT2D eigenvalue weighted by Crippen LogP contribution is -2.29. The molecule has 0 radical (unpaired) electrons. The van der Waals surface area contributed by atoms with E-state index in [1.54, 1.807) is 25.1 Å². The number of hydrogen-bond donors (Lipinski definition) is 2. The first-order valence-corrected chi connectivity index (χ1v) is 8.04. The van der Waals surface area contributed by atoms with Crippen LogP contribution < -0.4 is 10.6 Å². The number of hydrogen-bond acceptors (Lipinski definition) is 5. The van der Waals surface area contributed by atoms with Crippen LogP contribution in [0.4, 0.5) is 5.69 Å². The molecule has 2 N–H and O–H groups in total. The first-order chi connectivity index (χ1) is 11.5. The van der Waals surface area contributed by atoms with Crippen LogP contribution >= 0.6 is 11.6 Å². The number of anilines is 1. The largest absolute Gasteiger partial charge is 0.385 e. The van der Waals surface area contributed by atoms with Crippen molar-refractivity contribution in [3.8, 4) is 6.07 Å². The predicted octanol–water partition coefficient (Wildman–Crippen LogP) is 2.98. The molecular weight excluding hydrogens is 330 g/mol. The van der Waals surface area contributed by atoms with Gasteiger partial charge in [0.2, 0.25) is 0 Å². The number of carbonyl (C=O) groups is 1. The van der Waals surface area contributed by atoms with Gasteiger partial charge in [0.05, 0.1) is 6.54 Å². The summed E-state index contributed by atoms with van der Waals surface area (Å²) >= 11 is 6.02. The molecule has 1 aromatic rings. The van der Waals surface area contributed by atoms with Crippen LogP contribution in [0.5, 0.6) is 0 Å². The minimum atomic E-state index is -0.514. The van der Waals surface area contributed by atoms with E-state index in [1.807, 2.05) is 19.9 Å². The van der Waals surface area contributed by atoms with Crippen molar-refractivity contribution in [2.45, 2.75) is 27.1 Å². The van der Waals surface area contributed by atoms with E-state index >= 15 is 0 Å². The van der Waals surface area contributed by atoms with Crippen LogP contribution in [0.2, 0.25) is 5.02 Å². The number of rotatable bonds is 9. The molecule has 0 atom stereocenters. The standard InChI is InChI=1S/C17H22ClN3O3/c1-4-23-16(24-5-2)11-20-10-13(9-19)17(22)21-15-8-6-7-14(18)12(15)3/h6-8,10,16,20H,4-5,11H2,1-3H3,(H,21,22)/b13-10-. The van der Waals surface area contributed by atoms with Crippen molar-refractivity contribution >= 4 is 23.2 Å². The van der Waals surface area contributed by atoms with Gasteiger partial charge in [-0.1, -0.05) is 17.7 Å².